The van der Waals surface area contributed by atoms with Gasteiger partial charge < -0.3 is 15.0 Å². The number of methoxy groups -OCH3 is 1. The van der Waals surface area contributed by atoms with E-state index in [1.807, 2.05) is 0 Å². The van der Waals surface area contributed by atoms with E-state index in [0.29, 0.717) is 11.1 Å². The van der Waals surface area contributed by atoms with Gasteiger partial charge in [0.05, 0.1) is 30.0 Å². The molecule has 0 radical (unpaired) electrons. The number of aromatic nitrogens is 2. The van der Waals surface area contributed by atoms with Gasteiger partial charge in [-0.15, -0.1) is 0 Å². The zero-order chi connectivity index (χ0) is 22.3. The van der Waals surface area contributed by atoms with Gasteiger partial charge in [-0.25, -0.2) is 4.52 Å². The van der Waals surface area contributed by atoms with Gasteiger partial charge in [0, 0.05) is 25.4 Å². The Bertz CT molecular complexity index is 1170. The summed E-state index contributed by atoms with van der Waals surface area (Å²) in [6.45, 7) is -1.32. The Morgan fingerprint density at radius 3 is 2.74 bits per heavy atom. The van der Waals surface area contributed by atoms with Crippen molar-refractivity contribution in [3.05, 3.63) is 53.3 Å². The van der Waals surface area contributed by atoms with Crippen LogP contribution in [0.25, 0.3) is 16.6 Å². The number of hydrogen-bond acceptors (Lipinski definition) is 4. The fourth-order valence-electron chi connectivity index (χ4n) is 3.80. The molecule has 0 aliphatic carbocycles. The van der Waals surface area contributed by atoms with E-state index in [9.17, 15) is 22.8 Å². The van der Waals surface area contributed by atoms with Crippen LogP contribution in [0.2, 0.25) is 0 Å². The molecule has 1 aromatic carbocycles. The monoisotopic (exact) mass is 432 g/mol. The lowest BCUT2D eigenvalue weighted by molar-refractivity contribution is -0.141. The molecule has 3 aromatic rings. The van der Waals surface area contributed by atoms with Crippen LogP contribution in [0.5, 0.6) is 5.75 Å². The molecule has 0 unspecified atom stereocenters. The van der Waals surface area contributed by atoms with E-state index in [-0.39, 0.29) is 30.2 Å². The van der Waals surface area contributed by atoms with Gasteiger partial charge in [0.25, 0.3) is 11.8 Å². The van der Waals surface area contributed by atoms with Crippen molar-refractivity contribution in [2.45, 2.75) is 12.6 Å². The Morgan fingerprint density at radius 1 is 1.29 bits per heavy atom. The third kappa shape index (κ3) is 3.80. The van der Waals surface area contributed by atoms with E-state index in [4.69, 9.17) is 4.74 Å². The Labute approximate surface area is 175 Å². The molecule has 0 saturated heterocycles. The van der Waals surface area contributed by atoms with Gasteiger partial charge in [-0.3, -0.25) is 9.59 Å². The molecule has 1 aliphatic heterocycles. The van der Waals surface area contributed by atoms with Crippen molar-refractivity contribution in [1.29, 1.82) is 0 Å². The second kappa shape index (κ2) is 7.60. The van der Waals surface area contributed by atoms with Crippen LogP contribution < -0.4 is 10.1 Å². The summed E-state index contributed by atoms with van der Waals surface area (Å²) in [7, 11) is 2.92. The highest BCUT2D eigenvalue weighted by Gasteiger charge is 2.37. The van der Waals surface area contributed by atoms with Gasteiger partial charge in [-0.1, -0.05) is 0 Å². The number of pyridine rings is 1. The number of ether oxygens (including phenoxy) is 1. The number of hydrogen-bond donors (Lipinski definition) is 1. The van der Waals surface area contributed by atoms with Gasteiger partial charge in [0.15, 0.2) is 0 Å². The highest BCUT2D eigenvalue weighted by Crippen LogP contribution is 2.36. The Morgan fingerprint density at radius 2 is 2.06 bits per heavy atom. The molecule has 0 fully saturated rings. The maximum atomic E-state index is 12.8. The number of benzene rings is 1. The molecule has 0 saturated carbocycles. The van der Waals surface area contributed by atoms with E-state index in [1.54, 1.807) is 41.2 Å². The fourth-order valence-corrected chi connectivity index (χ4v) is 3.80. The first kappa shape index (κ1) is 20.7. The van der Waals surface area contributed by atoms with Crippen LogP contribution in [0, 0.1) is 0 Å². The summed E-state index contributed by atoms with van der Waals surface area (Å²) < 4.78 is 45.4. The van der Waals surface area contributed by atoms with Crippen molar-refractivity contribution < 1.29 is 27.5 Å². The van der Waals surface area contributed by atoms with Crippen molar-refractivity contribution >= 4 is 17.3 Å². The van der Waals surface area contributed by atoms with E-state index < -0.39 is 18.6 Å². The van der Waals surface area contributed by atoms with Crippen LogP contribution in [0.15, 0.2) is 36.7 Å². The van der Waals surface area contributed by atoms with Crippen molar-refractivity contribution in [1.82, 2.24) is 19.8 Å². The molecule has 10 heteroatoms. The van der Waals surface area contributed by atoms with Crippen LogP contribution in [0.1, 0.15) is 26.3 Å². The molecule has 7 nitrogen and oxygen atoms in total. The minimum absolute atomic E-state index is 0.0256. The molecule has 0 atom stereocenters. The predicted molar refractivity (Wildman–Crippen MR) is 106 cm³/mol. The average Bonchev–Trinajstić information content (AvgIpc) is 3.16. The molecule has 1 N–H and O–H groups in total. The highest BCUT2D eigenvalue weighted by atomic mass is 19.4. The number of fused-ring (bicyclic) bond motifs is 2. The maximum Gasteiger partial charge on any atom is 0.406 e. The Balaban J connectivity index is 1.75. The Kier molecular flexibility index (Phi) is 5.08. The molecule has 31 heavy (non-hydrogen) atoms. The average molecular weight is 432 g/mol. The number of rotatable bonds is 4. The molecule has 2 aromatic heterocycles. The number of carbonyl (C=O) groups excluding carboxylic acids is 2. The number of nitrogens with zero attached hydrogens (tertiary/aromatic N) is 3. The molecule has 162 valence electrons. The fraction of sp³-hybridized carbons (Fsp3) is 0.286. The van der Waals surface area contributed by atoms with E-state index in [2.05, 4.69) is 10.4 Å². The van der Waals surface area contributed by atoms with Crippen LogP contribution in [-0.2, 0) is 6.42 Å². The quantitative estimate of drug-likeness (QED) is 0.688. The molecule has 2 amide bonds. The third-order valence-corrected chi connectivity index (χ3v) is 5.24. The zero-order valence-electron chi connectivity index (χ0n) is 16.8. The second-order valence-corrected chi connectivity index (χ2v) is 7.19. The topological polar surface area (TPSA) is 75.9 Å². The lowest BCUT2D eigenvalue weighted by atomic mass is 9.93. The molecule has 1 aliphatic rings. The van der Waals surface area contributed by atoms with Gasteiger partial charge in [0.1, 0.15) is 12.3 Å². The normalized spacial score (nSPS) is 14.0. The van der Waals surface area contributed by atoms with E-state index in [0.717, 1.165) is 21.5 Å². The summed E-state index contributed by atoms with van der Waals surface area (Å²) in [6.07, 6.45) is -0.955. The van der Waals surface area contributed by atoms with Crippen LogP contribution in [-0.4, -0.2) is 59.8 Å². The molecule has 0 spiro atoms. The Hall–Kier alpha value is -3.56. The lowest BCUT2D eigenvalue weighted by Gasteiger charge is -2.30. The minimum atomic E-state index is -4.47. The molecular formula is C21H19F3N4O3. The molecule has 4 rings (SSSR count). The van der Waals surface area contributed by atoms with Gasteiger partial charge >= 0.3 is 6.18 Å². The van der Waals surface area contributed by atoms with E-state index in [1.165, 1.54) is 14.2 Å². The maximum absolute atomic E-state index is 12.8. The van der Waals surface area contributed by atoms with Crippen molar-refractivity contribution in [3.8, 4) is 16.9 Å². The minimum Gasteiger partial charge on any atom is -0.496 e. The predicted octanol–water partition coefficient (Wildman–Crippen LogP) is 2.93. The summed E-state index contributed by atoms with van der Waals surface area (Å²) in [5.74, 6) is -0.723. The summed E-state index contributed by atoms with van der Waals surface area (Å²) in [6, 6.07) is 6.84. The summed E-state index contributed by atoms with van der Waals surface area (Å²) in [5.41, 5.74) is 3.42. The number of carbonyl (C=O) groups is 2. The number of amides is 2. The van der Waals surface area contributed by atoms with Gasteiger partial charge in [-0.05, 0) is 41.8 Å². The van der Waals surface area contributed by atoms with Crippen molar-refractivity contribution in [2.75, 3.05) is 27.2 Å². The van der Waals surface area contributed by atoms with E-state index >= 15 is 0 Å². The molecular weight excluding hydrogens is 413 g/mol. The van der Waals surface area contributed by atoms with Crippen molar-refractivity contribution in [2.24, 2.45) is 0 Å². The number of nitrogens with one attached hydrogen (secondary N) is 1. The second-order valence-electron chi connectivity index (χ2n) is 7.19. The summed E-state index contributed by atoms with van der Waals surface area (Å²) in [4.78, 5) is 25.3. The van der Waals surface area contributed by atoms with Crippen LogP contribution in [0.3, 0.4) is 0 Å². The summed E-state index contributed by atoms with van der Waals surface area (Å²) >= 11 is 0. The highest BCUT2D eigenvalue weighted by molar-refractivity contribution is 6.01. The van der Waals surface area contributed by atoms with Crippen molar-refractivity contribution in [3.63, 3.8) is 0 Å². The van der Waals surface area contributed by atoms with Crippen LogP contribution in [0.4, 0.5) is 13.2 Å². The first-order chi connectivity index (χ1) is 14.7. The van der Waals surface area contributed by atoms with Crippen LogP contribution >= 0.6 is 0 Å². The standard InChI is InChI=1S/C21H19F3N4O3/c1-25-19(29)13-3-4-16-15(9-26-28(16)10-13)14-7-12-5-6-27(11-21(22,23)24)20(30)18(12)17(8-14)31-2/h3-4,7-10H,5-6,11H2,1-2H3,(H,25,29). The first-order valence-electron chi connectivity index (χ1n) is 9.48. The van der Waals surface area contributed by atoms with Gasteiger partial charge in [-0.2, -0.15) is 18.3 Å². The third-order valence-electron chi connectivity index (χ3n) is 5.24. The SMILES string of the molecule is CNC(=O)c1ccc2c(-c3cc4c(c(OC)c3)C(=O)N(CC(F)(F)F)CC4)cnn2c1. The molecule has 3 heterocycles. The zero-order valence-corrected chi connectivity index (χ0v) is 16.8. The smallest absolute Gasteiger partial charge is 0.406 e. The summed E-state index contributed by atoms with van der Waals surface area (Å²) in [5, 5.41) is 6.86. The first-order valence-corrected chi connectivity index (χ1v) is 9.48. The largest absolute Gasteiger partial charge is 0.496 e. The van der Waals surface area contributed by atoms with Gasteiger partial charge in [0.2, 0.25) is 0 Å². The number of halogens is 3. The number of alkyl halides is 3. The lowest BCUT2D eigenvalue weighted by Crippen LogP contribution is -2.43. The molecule has 0 bridgehead atoms.